The summed E-state index contributed by atoms with van der Waals surface area (Å²) in [6.45, 7) is 0.514. The van der Waals surface area contributed by atoms with Crippen LogP contribution in [-0.4, -0.2) is 57.5 Å². The van der Waals surface area contributed by atoms with Gasteiger partial charge in [-0.2, -0.15) is 9.78 Å². The summed E-state index contributed by atoms with van der Waals surface area (Å²) in [6, 6.07) is 2.61. The number of hydrogen-bond acceptors (Lipinski definition) is 8. The lowest BCUT2D eigenvalue weighted by Gasteiger charge is -2.30. The molecule has 4 heterocycles. The molecular weight excluding hydrogens is 588 g/mol. The van der Waals surface area contributed by atoms with Crippen LogP contribution in [0, 0.1) is 24.0 Å². The molecule has 0 saturated carbocycles. The second-order valence-electron chi connectivity index (χ2n) is 9.65. The van der Waals surface area contributed by atoms with Crippen LogP contribution in [0.25, 0.3) is 0 Å². The lowest BCUT2D eigenvalue weighted by molar-refractivity contribution is 0.0766. The Morgan fingerprint density at radius 3 is 2.50 bits per heavy atom. The first-order valence-corrected chi connectivity index (χ1v) is 13.7. The van der Waals surface area contributed by atoms with Crippen LogP contribution in [0.15, 0.2) is 28.7 Å². The predicted octanol–water partition coefficient (Wildman–Crippen LogP) is 5.89. The van der Waals surface area contributed by atoms with Crippen molar-refractivity contribution >= 4 is 23.0 Å². The smallest absolute Gasteiger partial charge is 0.282 e. The van der Waals surface area contributed by atoms with Crippen LogP contribution in [0.4, 0.5) is 26.3 Å². The van der Waals surface area contributed by atoms with Gasteiger partial charge in [-0.15, -0.1) is 17.8 Å². The molecule has 0 aliphatic carbocycles. The van der Waals surface area contributed by atoms with Gasteiger partial charge in [0.1, 0.15) is 41.1 Å². The van der Waals surface area contributed by atoms with E-state index in [9.17, 15) is 31.1 Å². The number of carbonyl (C=O) groups is 1. The molecule has 1 atom stereocenters. The molecule has 222 valence electrons. The Balaban J connectivity index is 1.17. The number of thiazole rings is 1. The number of halogens is 6. The maximum atomic E-state index is 14.7. The molecule has 2 aliphatic heterocycles. The molecular formula is C27H23F6N5O3S. The minimum Gasteiger partial charge on any atom is -0.481 e. The number of oxime groups is 1. The van der Waals surface area contributed by atoms with Gasteiger partial charge >= 0.3 is 0 Å². The van der Waals surface area contributed by atoms with Crippen LogP contribution in [0.2, 0.25) is 0 Å². The van der Waals surface area contributed by atoms with Gasteiger partial charge in [0.2, 0.25) is 0 Å². The van der Waals surface area contributed by atoms with E-state index in [1.807, 2.05) is 0 Å². The zero-order valence-corrected chi connectivity index (χ0v) is 22.6. The van der Waals surface area contributed by atoms with Crippen molar-refractivity contribution in [1.82, 2.24) is 19.7 Å². The van der Waals surface area contributed by atoms with Gasteiger partial charge in [-0.3, -0.25) is 9.69 Å². The van der Waals surface area contributed by atoms with E-state index in [4.69, 9.17) is 16.0 Å². The zero-order chi connectivity index (χ0) is 30.0. The zero-order valence-electron chi connectivity index (χ0n) is 21.8. The Kier molecular flexibility index (Phi) is 8.83. The number of piperidine rings is 1. The average Bonchev–Trinajstić information content (AvgIpc) is 3.72. The molecule has 0 radical (unpaired) electrons. The van der Waals surface area contributed by atoms with Crippen LogP contribution in [0.1, 0.15) is 76.6 Å². The molecule has 1 unspecified atom stereocenters. The summed E-state index contributed by atoms with van der Waals surface area (Å²) < 4.78 is 87.1. The number of aromatic nitrogens is 3. The summed E-state index contributed by atoms with van der Waals surface area (Å²) in [4.78, 5) is 24.3. The van der Waals surface area contributed by atoms with Gasteiger partial charge < -0.3 is 9.57 Å². The molecule has 0 spiro atoms. The first-order valence-electron chi connectivity index (χ1n) is 12.8. The standard InChI is InChI=1S/C27H23F6N5O3S/c1-2-7-40-15-8-16(28)24(17(29)9-15)22-11-18(36-41-22)20-13-42-27(34-20)14-3-5-37(6-4-14)12-23(39)38-21(26(32)33)10-19(35-38)25(30)31/h1,8-10,13-14,22,25-26H,3-7,11-12H2. The number of rotatable bonds is 9. The van der Waals surface area contributed by atoms with Gasteiger partial charge in [-0.1, -0.05) is 11.1 Å². The monoisotopic (exact) mass is 611 g/mol. The maximum Gasteiger partial charge on any atom is 0.282 e. The van der Waals surface area contributed by atoms with Gasteiger partial charge in [0.05, 0.1) is 22.8 Å². The number of benzene rings is 1. The fourth-order valence-electron chi connectivity index (χ4n) is 4.84. The third-order valence-electron chi connectivity index (χ3n) is 6.92. The van der Waals surface area contributed by atoms with Crippen LogP contribution in [-0.2, 0) is 4.84 Å². The summed E-state index contributed by atoms with van der Waals surface area (Å²) in [7, 11) is 0. The third-order valence-corrected chi connectivity index (χ3v) is 7.93. The van der Waals surface area contributed by atoms with E-state index in [1.165, 1.54) is 11.3 Å². The molecule has 1 saturated heterocycles. The fourth-order valence-corrected chi connectivity index (χ4v) is 5.84. The molecule has 3 aromatic rings. The van der Waals surface area contributed by atoms with Crippen molar-refractivity contribution in [3.63, 3.8) is 0 Å². The first-order chi connectivity index (χ1) is 20.1. The van der Waals surface area contributed by atoms with Gasteiger partial charge in [-0.05, 0) is 32.0 Å². The highest BCUT2D eigenvalue weighted by molar-refractivity contribution is 7.10. The van der Waals surface area contributed by atoms with E-state index >= 15 is 0 Å². The van der Waals surface area contributed by atoms with Crippen molar-refractivity contribution in [2.24, 2.45) is 5.16 Å². The fraction of sp³-hybridized carbons (Fsp3) is 0.407. The highest BCUT2D eigenvalue weighted by Gasteiger charge is 2.32. The number of terminal acetylenes is 1. The number of alkyl halides is 4. The second-order valence-corrected chi connectivity index (χ2v) is 10.5. The normalized spacial score (nSPS) is 17.9. The highest BCUT2D eigenvalue weighted by atomic mass is 32.1. The minimum absolute atomic E-state index is 0.0365. The molecule has 5 rings (SSSR count). The van der Waals surface area contributed by atoms with Crippen molar-refractivity contribution < 1.29 is 40.7 Å². The molecule has 1 fully saturated rings. The molecule has 1 aromatic carbocycles. The molecule has 8 nitrogen and oxygen atoms in total. The van der Waals surface area contributed by atoms with E-state index in [0.717, 1.165) is 17.1 Å². The average molecular weight is 612 g/mol. The van der Waals surface area contributed by atoms with Crippen LogP contribution >= 0.6 is 11.3 Å². The highest BCUT2D eigenvalue weighted by Crippen LogP contribution is 2.36. The van der Waals surface area contributed by atoms with E-state index in [-0.39, 0.29) is 36.8 Å². The second kappa shape index (κ2) is 12.5. The van der Waals surface area contributed by atoms with Crippen molar-refractivity contribution in [3.8, 4) is 18.1 Å². The number of likely N-dealkylation sites (tertiary alicyclic amines) is 1. The van der Waals surface area contributed by atoms with Crippen LogP contribution < -0.4 is 4.74 Å². The molecule has 2 aromatic heterocycles. The molecule has 42 heavy (non-hydrogen) atoms. The van der Waals surface area contributed by atoms with Crippen molar-refractivity contribution in [2.75, 3.05) is 26.2 Å². The Bertz CT molecular complexity index is 1500. The third kappa shape index (κ3) is 6.29. The summed E-state index contributed by atoms with van der Waals surface area (Å²) >= 11 is 1.40. The number of nitrogens with zero attached hydrogens (tertiary/aromatic N) is 5. The summed E-state index contributed by atoms with van der Waals surface area (Å²) in [5.74, 6) is -0.279. The summed E-state index contributed by atoms with van der Waals surface area (Å²) in [6.07, 6.45) is -0.750. The van der Waals surface area contributed by atoms with E-state index < -0.39 is 47.9 Å². The van der Waals surface area contributed by atoms with Crippen molar-refractivity contribution in [1.29, 1.82) is 0 Å². The Hall–Kier alpha value is -3.90. The molecule has 0 N–H and O–H groups in total. The number of carbonyl (C=O) groups excluding carboxylic acids is 1. The quantitative estimate of drug-likeness (QED) is 0.222. The molecule has 0 bridgehead atoms. The Labute approximate surface area is 239 Å². The number of ether oxygens (including phenoxy) is 1. The van der Waals surface area contributed by atoms with Gasteiger partial charge in [0.15, 0.2) is 6.10 Å². The van der Waals surface area contributed by atoms with E-state index in [0.29, 0.717) is 48.1 Å². The Morgan fingerprint density at radius 1 is 1.14 bits per heavy atom. The SMILES string of the molecule is C#CCOc1cc(F)c(C2CC(c3csc(C4CCN(CC(=O)n5nc(C(F)F)cc5C(F)F)CC4)n3)=NO2)c(F)c1. The lowest BCUT2D eigenvalue weighted by Crippen LogP contribution is -2.39. The largest absolute Gasteiger partial charge is 0.481 e. The van der Waals surface area contributed by atoms with Crippen LogP contribution in [0.3, 0.4) is 0 Å². The van der Waals surface area contributed by atoms with Crippen molar-refractivity contribution in [2.45, 2.75) is 44.1 Å². The summed E-state index contributed by atoms with van der Waals surface area (Å²) in [5.41, 5.74) is -1.05. The molecule has 15 heteroatoms. The maximum absolute atomic E-state index is 14.7. The van der Waals surface area contributed by atoms with Crippen LogP contribution in [0.5, 0.6) is 5.75 Å². The Morgan fingerprint density at radius 2 is 1.86 bits per heavy atom. The van der Waals surface area contributed by atoms with Gasteiger partial charge in [0.25, 0.3) is 18.8 Å². The number of hydrogen-bond donors (Lipinski definition) is 0. The topological polar surface area (TPSA) is 81.8 Å². The minimum atomic E-state index is -3.12. The first kappa shape index (κ1) is 29.6. The molecule has 0 amide bonds. The van der Waals surface area contributed by atoms with Gasteiger partial charge in [-0.25, -0.2) is 31.3 Å². The van der Waals surface area contributed by atoms with E-state index in [2.05, 4.69) is 21.2 Å². The van der Waals surface area contributed by atoms with E-state index in [1.54, 1.807) is 10.3 Å². The lowest BCUT2D eigenvalue weighted by atomic mass is 9.97. The van der Waals surface area contributed by atoms with Gasteiger partial charge in [0, 0.05) is 29.9 Å². The molecule has 2 aliphatic rings. The summed E-state index contributed by atoms with van der Waals surface area (Å²) in [5, 5.41) is 9.96. The van der Waals surface area contributed by atoms with Crippen molar-refractivity contribution in [3.05, 3.63) is 62.9 Å². The predicted molar refractivity (Wildman–Crippen MR) is 139 cm³/mol.